The second kappa shape index (κ2) is 7.04. The minimum absolute atomic E-state index is 0.251. The van der Waals surface area contributed by atoms with E-state index >= 15 is 0 Å². The molecule has 0 saturated carbocycles. The molecule has 3 N–H and O–H groups in total. The number of hydrogen-bond donors (Lipinski definition) is 2. The van der Waals surface area contributed by atoms with Gasteiger partial charge < -0.3 is 4.74 Å². The van der Waals surface area contributed by atoms with Crippen molar-refractivity contribution in [2.24, 2.45) is 5.84 Å². The van der Waals surface area contributed by atoms with Crippen molar-refractivity contribution < 1.29 is 4.74 Å². The molecule has 0 spiro atoms. The Hall–Kier alpha value is -0.900. The lowest BCUT2D eigenvalue weighted by atomic mass is 9.95. The highest BCUT2D eigenvalue weighted by Gasteiger charge is 2.17. The molecule has 1 aliphatic rings. The fraction of sp³-hybridized carbons (Fsp3) is 0.625. The van der Waals surface area contributed by atoms with Gasteiger partial charge in [0, 0.05) is 12.6 Å². The van der Waals surface area contributed by atoms with E-state index in [1.54, 1.807) is 0 Å². The second-order valence-electron chi connectivity index (χ2n) is 5.65. The molecule has 2 unspecified atom stereocenters. The largest absolute Gasteiger partial charge is 0.378 e. The summed E-state index contributed by atoms with van der Waals surface area (Å²) in [4.78, 5) is 0. The summed E-state index contributed by atoms with van der Waals surface area (Å²) in [5, 5.41) is 0. The number of nitrogens with one attached hydrogen (secondary N) is 1. The molecule has 0 bridgehead atoms. The number of aryl methyl sites for hydroxylation is 2. The van der Waals surface area contributed by atoms with Crippen molar-refractivity contribution in [1.82, 2.24) is 5.43 Å². The van der Waals surface area contributed by atoms with Gasteiger partial charge in [-0.1, -0.05) is 23.8 Å². The molecule has 2 atom stereocenters. The van der Waals surface area contributed by atoms with Gasteiger partial charge in [-0.05, 0) is 57.1 Å². The van der Waals surface area contributed by atoms with E-state index in [2.05, 4.69) is 37.5 Å². The van der Waals surface area contributed by atoms with Crippen molar-refractivity contribution in [3.8, 4) is 0 Å². The molecule has 19 heavy (non-hydrogen) atoms. The number of rotatable bonds is 6. The molecule has 1 fully saturated rings. The molecule has 1 saturated heterocycles. The molecule has 0 aliphatic carbocycles. The zero-order valence-corrected chi connectivity index (χ0v) is 12.1. The number of nitrogens with two attached hydrogens (primary N) is 1. The topological polar surface area (TPSA) is 47.3 Å². The van der Waals surface area contributed by atoms with E-state index in [9.17, 15) is 0 Å². The van der Waals surface area contributed by atoms with E-state index in [0.29, 0.717) is 6.10 Å². The highest BCUT2D eigenvalue weighted by Crippen LogP contribution is 2.25. The van der Waals surface area contributed by atoms with Crippen molar-refractivity contribution in [2.75, 3.05) is 6.61 Å². The van der Waals surface area contributed by atoms with Crippen LogP contribution in [-0.4, -0.2) is 12.7 Å². The summed E-state index contributed by atoms with van der Waals surface area (Å²) in [5.41, 5.74) is 6.90. The Morgan fingerprint density at radius 3 is 2.95 bits per heavy atom. The summed E-state index contributed by atoms with van der Waals surface area (Å²) < 4.78 is 5.67. The molecule has 3 heteroatoms. The Kier molecular flexibility index (Phi) is 5.37. The maximum absolute atomic E-state index is 5.74. The van der Waals surface area contributed by atoms with Crippen molar-refractivity contribution in [1.29, 1.82) is 0 Å². The van der Waals surface area contributed by atoms with Crippen LogP contribution in [0.15, 0.2) is 18.2 Å². The van der Waals surface area contributed by atoms with Crippen molar-refractivity contribution in [2.45, 2.75) is 58.1 Å². The monoisotopic (exact) mass is 262 g/mol. The zero-order valence-electron chi connectivity index (χ0n) is 12.1. The van der Waals surface area contributed by atoms with Crippen LogP contribution in [0.4, 0.5) is 0 Å². The van der Waals surface area contributed by atoms with Gasteiger partial charge in [-0.3, -0.25) is 11.3 Å². The fourth-order valence-corrected chi connectivity index (χ4v) is 2.89. The molecule has 1 aromatic rings. The van der Waals surface area contributed by atoms with Gasteiger partial charge in [0.1, 0.15) is 0 Å². The summed E-state index contributed by atoms with van der Waals surface area (Å²) in [6, 6.07) is 6.82. The Balaban J connectivity index is 1.89. The summed E-state index contributed by atoms with van der Waals surface area (Å²) in [6.07, 6.45) is 6.32. The fourth-order valence-electron chi connectivity index (χ4n) is 2.89. The third kappa shape index (κ3) is 4.03. The van der Waals surface area contributed by atoms with Crippen molar-refractivity contribution >= 4 is 0 Å². The maximum atomic E-state index is 5.74. The van der Waals surface area contributed by atoms with Gasteiger partial charge in [0.2, 0.25) is 0 Å². The molecule has 3 nitrogen and oxygen atoms in total. The molecule has 0 aromatic heterocycles. The maximum Gasteiger partial charge on any atom is 0.0576 e. The molecule has 106 valence electrons. The quantitative estimate of drug-likeness (QED) is 0.611. The van der Waals surface area contributed by atoms with E-state index < -0.39 is 0 Å². The molecular formula is C16H26N2O. The van der Waals surface area contributed by atoms with Crippen LogP contribution in [0.25, 0.3) is 0 Å². The summed E-state index contributed by atoms with van der Waals surface area (Å²) in [7, 11) is 0. The smallest absolute Gasteiger partial charge is 0.0576 e. The number of benzene rings is 1. The highest BCUT2D eigenvalue weighted by atomic mass is 16.5. The van der Waals surface area contributed by atoms with Crippen LogP contribution in [0.3, 0.4) is 0 Å². The standard InChI is InChI=1S/C16H26N2O/c1-12-8-9-13(2)15(11-12)16(18-17)7-3-5-14-6-4-10-19-14/h8-9,11,14,16,18H,3-7,10,17H2,1-2H3. The van der Waals surface area contributed by atoms with Crippen molar-refractivity contribution in [3.05, 3.63) is 34.9 Å². The Bertz CT molecular complexity index is 400. The lowest BCUT2D eigenvalue weighted by Gasteiger charge is -2.20. The first-order chi connectivity index (χ1) is 9.20. The van der Waals surface area contributed by atoms with Crippen LogP contribution in [0.5, 0.6) is 0 Å². The SMILES string of the molecule is Cc1ccc(C)c(C(CCCC2CCCO2)NN)c1. The van der Waals surface area contributed by atoms with Gasteiger partial charge >= 0.3 is 0 Å². The van der Waals surface area contributed by atoms with Gasteiger partial charge in [0.15, 0.2) is 0 Å². The predicted molar refractivity (Wildman–Crippen MR) is 78.8 cm³/mol. The molecule has 0 amide bonds. The number of hydrazine groups is 1. The van der Waals surface area contributed by atoms with Crippen LogP contribution in [0, 0.1) is 13.8 Å². The highest BCUT2D eigenvalue weighted by molar-refractivity contribution is 5.32. The van der Waals surface area contributed by atoms with Crippen LogP contribution in [0.1, 0.15) is 54.8 Å². The van der Waals surface area contributed by atoms with Gasteiger partial charge in [0.05, 0.1) is 6.10 Å². The van der Waals surface area contributed by atoms with E-state index in [1.807, 2.05) is 0 Å². The van der Waals surface area contributed by atoms with Gasteiger partial charge in [-0.15, -0.1) is 0 Å². The first-order valence-corrected chi connectivity index (χ1v) is 7.35. The van der Waals surface area contributed by atoms with Gasteiger partial charge in [0.25, 0.3) is 0 Å². The lowest BCUT2D eigenvalue weighted by Crippen LogP contribution is -2.28. The predicted octanol–water partition coefficient (Wildman–Crippen LogP) is 3.16. The van der Waals surface area contributed by atoms with Crippen LogP contribution >= 0.6 is 0 Å². The average Bonchev–Trinajstić information content (AvgIpc) is 2.91. The van der Waals surface area contributed by atoms with Crippen LogP contribution in [0.2, 0.25) is 0 Å². The van der Waals surface area contributed by atoms with Crippen LogP contribution < -0.4 is 11.3 Å². The number of ether oxygens (including phenoxy) is 1. The summed E-state index contributed by atoms with van der Waals surface area (Å²) in [6.45, 7) is 5.22. The Labute approximate surface area is 116 Å². The minimum atomic E-state index is 0.251. The molecule has 0 radical (unpaired) electrons. The molecule has 1 aromatic carbocycles. The first-order valence-electron chi connectivity index (χ1n) is 7.35. The summed E-state index contributed by atoms with van der Waals surface area (Å²) in [5.74, 6) is 5.74. The lowest BCUT2D eigenvalue weighted by molar-refractivity contribution is 0.101. The van der Waals surface area contributed by atoms with Gasteiger partial charge in [-0.25, -0.2) is 0 Å². The summed E-state index contributed by atoms with van der Waals surface area (Å²) >= 11 is 0. The molecule has 1 heterocycles. The third-order valence-corrected chi connectivity index (χ3v) is 4.05. The third-order valence-electron chi connectivity index (χ3n) is 4.05. The molecule has 2 rings (SSSR count). The normalized spacial score (nSPS) is 20.7. The zero-order chi connectivity index (χ0) is 13.7. The van der Waals surface area contributed by atoms with E-state index in [4.69, 9.17) is 10.6 Å². The second-order valence-corrected chi connectivity index (χ2v) is 5.65. The number of hydrogen-bond acceptors (Lipinski definition) is 3. The van der Waals surface area contributed by atoms with E-state index in [0.717, 1.165) is 25.9 Å². The Morgan fingerprint density at radius 2 is 2.26 bits per heavy atom. The van der Waals surface area contributed by atoms with Gasteiger partial charge in [-0.2, -0.15) is 0 Å². The average molecular weight is 262 g/mol. The Morgan fingerprint density at radius 1 is 1.42 bits per heavy atom. The van der Waals surface area contributed by atoms with E-state index in [-0.39, 0.29) is 6.04 Å². The molecular weight excluding hydrogens is 236 g/mol. The van der Waals surface area contributed by atoms with Crippen LogP contribution in [-0.2, 0) is 4.74 Å². The minimum Gasteiger partial charge on any atom is -0.378 e. The van der Waals surface area contributed by atoms with Crippen molar-refractivity contribution in [3.63, 3.8) is 0 Å². The van der Waals surface area contributed by atoms with E-state index in [1.165, 1.54) is 29.5 Å². The first kappa shape index (κ1) is 14.5. The molecule has 1 aliphatic heterocycles.